The van der Waals surface area contributed by atoms with Crippen molar-refractivity contribution >= 4 is 5.91 Å². The molecule has 0 unspecified atom stereocenters. The molecule has 5 nitrogen and oxygen atoms in total. The Morgan fingerprint density at radius 2 is 2.15 bits per heavy atom. The van der Waals surface area contributed by atoms with E-state index < -0.39 is 0 Å². The molecule has 5 heteroatoms. The molecule has 20 heavy (non-hydrogen) atoms. The second kappa shape index (κ2) is 4.67. The number of hydrogen-bond acceptors (Lipinski definition) is 3. The summed E-state index contributed by atoms with van der Waals surface area (Å²) in [5.74, 6) is 0.654. The van der Waals surface area contributed by atoms with Gasteiger partial charge in [0, 0.05) is 11.3 Å². The second-order valence-electron chi connectivity index (χ2n) is 5.17. The highest BCUT2D eigenvalue weighted by molar-refractivity contribution is 5.93. The van der Waals surface area contributed by atoms with E-state index in [1.165, 1.54) is 0 Å². The number of nitrogens with one attached hydrogen (secondary N) is 2. The Morgan fingerprint density at radius 1 is 1.40 bits per heavy atom. The number of carbonyl (C=O) groups excluding carboxylic acids is 1. The Hall–Kier alpha value is -2.30. The average molecular weight is 271 g/mol. The van der Waals surface area contributed by atoms with E-state index >= 15 is 0 Å². The highest BCUT2D eigenvalue weighted by atomic mass is 16.5. The molecule has 0 aliphatic heterocycles. The van der Waals surface area contributed by atoms with Crippen molar-refractivity contribution in [2.24, 2.45) is 0 Å². The number of amides is 1. The third kappa shape index (κ3) is 2.15. The molecule has 104 valence electrons. The number of aryl methyl sites for hydroxylation is 1. The Kier molecular flexibility index (Phi) is 2.97. The molecule has 2 aromatic rings. The molecular weight excluding hydrogens is 254 g/mol. The zero-order valence-electron chi connectivity index (χ0n) is 11.6. The third-order valence-electron chi connectivity index (χ3n) is 3.66. The van der Waals surface area contributed by atoms with Crippen LogP contribution in [0.1, 0.15) is 34.6 Å². The lowest BCUT2D eigenvalue weighted by Crippen LogP contribution is -2.35. The Balaban J connectivity index is 1.84. The summed E-state index contributed by atoms with van der Waals surface area (Å²) in [5, 5.41) is 9.86. The lowest BCUT2D eigenvalue weighted by molar-refractivity contribution is 0.0925. The molecule has 0 bridgehead atoms. The minimum atomic E-state index is -0.309. The van der Waals surface area contributed by atoms with Gasteiger partial charge < -0.3 is 10.1 Å². The molecule has 1 saturated carbocycles. The lowest BCUT2D eigenvalue weighted by atomic mass is 10.0. The van der Waals surface area contributed by atoms with Crippen LogP contribution in [0.25, 0.3) is 0 Å². The summed E-state index contributed by atoms with van der Waals surface area (Å²) in [7, 11) is 1.65. The second-order valence-corrected chi connectivity index (χ2v) is 5.17. The van der Waals surface area contributed by atoms with Gasteiger partial charge in [0.2, 0.25) is 0 Å². The first-order valence-electron chi connectivity index (χ1n) is 6.63. The molecule has 0 atom stereocenters. The standard InChI is InChI=1S/C15H17N3O2/c1-10-9-12(18-17-10)14(19)16-15(7-8-15)11-5-3-4-6-13(11)20-2/h3-6,9H,7-8H2,1-2H3,(H,16,19)(H,17,18). The van der Waals surface area contributed by atoms with Crippen LogP contribution in [0, 0.1) is 6.92 Å². The van der Waals surface area contributed by atoms with Gasteiger partial charge in [-0.25, -0.2) is 0 Å². The summed E-state index contributed by atoms with van der Waals surface area (Å²) in [6.07, 6.45) is 1.84. The summed E-state index contributed by atoms with van der Waals surface area (Å²) in [5.41, 5.74) is 2.01. The van der Waals surface area contributed by atoms with Crippen molar-refractivity contribution in [3.8, 4) is 5.75 Å². The van der Waals surface area contributed by atoms with Crippen molar-refractivity contribution in [1.82, 2.24) is 15.5 Å². The topological polar surface area (TPSA) is 67.0 Å². The van der Waals surface area contributed by atoms with Crippen LogP contribution >= 0.6 is 0 Å². The molecule has 0 saturated heterocycles. The van der Waals surface area contributed by atoms with E-state index in [-0.39, 0.29) is 11.4 Å². The van der Waals surface area contributed by atoms with Gasteiger partial charge in [-0.15, -0.1) is 0 Å². The summed E-state index contributed by atoms with van der Waals surface area (Å²) < 4.78 is 5.39. The maximum atomic E-state index is 12.3. The first-order valence-corrected chi connectivity index (χ1v) is 6.63. The van der Waals surface area contributed by atoms with Crippen LogP contribution in [0.15, 0.2) is 30.3 Å². The smallest absolute Gasteiger partial charge is 0.272 e. The molecule has 1 aromatic carbocycles. The van der Waals surface area contributed by atoms with Crippen LogP contribution < -0.4 is 10.1 Å². The van der Waals surface area contributed by atoms with E-state index in [2.05, 4.69) is 15.5 Å². The molecule has 0 radical (unpaired) electrons. The number of hydrogen-bond donors (Lipinski definition) is 2. The summed E-state index contributed by atoms with van der Waals surface area (Å²) in [6, 6.07) is 9.55. The minimum Gasteiger partial charge on any atom is -0.496 e. The first-order chi connectivity index (χ1) is 9.64. The molecule has 1 aromatic heterocycles. The number of H-pyrrole nitrogens is 1. The van der Waals surface area contributed by atoms with E-state index in [4.69, 9.17) is 4.74 Å². The van der Waals surface area contributed by atoms with E-state index in [0.29, 0.717) is 5.69 Å². The highest BCUT2D eigenvalue weighted by Gasteiger charge is 2.47. The van der Waals surface area contributed by atoms with E-state index in [9.17, 15) is 4.79 Å². The SMILES string of the molecule is COc1ccccc1C1(NC(=O)c2cc(C)[nH]n2)CC1. The number of para-hydroxylation sites is 1. The summed E-state index contributed by atoms with van der Waals surface area (Å²) in [4.78, 5) is 12.3. The van der Waals surface area contributed by atoms with Gasteiger partial charge in [0.15, 0.2) is 0 Å². The first kappa shape index (κ1) is 12.7. The minimum absolute atomic E-state index is 0.155. The van der Waals surface area contributed by atoms with Gasteiger partial charge in [-0.2, -0.15) is 5.10 Å². The molecule has 0 spiro atoms. The van der Waals surface area contributed by atoms with Crippen molar-refractivity contribution in [2.75, 3.05) is 7.11 Å². The number of methoxy groups -OCH3 is 1. The molecule has 1 heterocycles. The lowest BCUT2D eigenvalue weighted by Gasteiger charge is -2.19. The van der Waals surface area contributed by atoms with Crippen molar-refractivity contribution in [3.63, 3.8) is 0 Å². The van der Waals surface area contributed by atoms with Crippen LogP contribution in [-0.4, -0.2) is 23.2 Å². The Labute approximate surface area is 117 Å². The van der Waals surface area contributed by atoms with E-state index in [0.717, 1.165) is 29.8 Å². The quantitative estimate of drug-likeness (QED) is 0.895. The van der Waals surface area contributed by atoms with Crippen molar-refractivity contribution in [1.29, 1.82) is 0 Å². The fourth-order valence-corrected chi connectivity index (χ4v) is 2.44. The van der Waals surface area contributed by atoms with Gasteiger partial charge in [0.05, 0.1) is 12.6 Å². The van der Waals surface area contributed by atoms with Crippen LogP contribution in [0.3, 0.4) is 0 Å². The molecule has 1 fully saturated rings. The fraction of sp³-hybridized carbons (Fsp3) is 0.333. The molecule has 1 amide bonds. The number of nitrogens with zero attached hydrogens (tertiary/aromatic N) is 1. The predicted octanol–water partition coefficient (Wildman–Crippen LogP) is 2.15. The predicted molar refractivity (Wildman–Crippen MR) is 74.7 cm³/mol. The fourth-order valence-electron chi connectivity index (χ4n) is 2.44. The maximum Gasteiger partial charge on any atom is 0.272 e. The maximum absolute atomic E-state index is 12.3. The number of carbonyl (C=O) groups is 1. The normalized spacial score (nSPS) is 15.7. The highest BCUT2D eigenvalue weighted by Crippen LogP contribution is 2.48. The van der Waals surface area contributed by atoms with Crippen molar-refractivity contribution < 1.29 is 9.53 Å². The van der Waals surface area contributed by atoms with Crippen LogP contribution in [0.2, 0.25) is 0 Å². The van der Waals surface area contributed by atoms with Crippen LogP contribution in [-0.2, 0) is 5.54 Å². The van der Waals surface area contributed by atoms with Gasteiger partial charge in [-0.05, 0) is 31.9 Å². The van der Waals surface area contributed by atoms with Gasteiger partial charge in [0.1, 0.15) is 11.4 Å². The zero-order valence-corrected chi connectivity index (χ0v) is 11.6. The molecular formula is C15H17N3O2. The van der Waals surface area contributed by atoms with Gasteiger partial charge in [0.25, 0.3) is 5.91 Å². The largest absolute Gasteiger partial charge is 0.496 e. The van der Waals surface area contributed by atoms with Crippen molar-refractivity contribution in [3.05, 3.63) is 47.3 Å². The number of aromatic nitrogens is 2. The molecule has 1 aliphatic carbocycles. The summed E-state index contributed by atoms with van der Waals surface area (Å²) >= 11 is 0. The number of benzene rings is 1. The van der Waals surface area contributed by atoms with Crippen LogP contribution in [0.5, 0.6) is 5.75 Å². The third-order valence-corrected chi connectivity index (χ3v) is 3.66. The van der Waals surface area contributed by atoms with Gasteiger partial charge in [-0.3, -0.25) is 9.89 Å². The average Bonchev–Trinajstić information content (AvgIpc) is 3.11. The van der Waals surface area contributed by atoms with E-state index in [1.807, 2.05) is 31.2 Å². The van der Waals surface area contributed by atoms with Crippen molar-refractivity contribution in [2.45, 2.75) is 25.3 Å². The van der Waals surface area contributed by atoms with Crippen LogP contribution in [0.4, 0.5) is 0 Å². The van der Waals surface area contributed by atoms with E-state index in [1.54, 1.807) is 13.2 Å². The number of rotatable bonds is 4. The summed E-state index contributed by atoms with van der Waals surface area (Å²) in [6.45, 7) is 1.87. The molecule has 2 N–H and O–H groups in total. The molecule has 3 rings (SSSR count). The monoisotopic (exact) mass is 271 g/mol. The van der Waals surface area contributed by atoms with Gasteiger partial charge in [-0.1, -0.05) is 18.2 Å². The van der Waals surface area contributed by atoms with Gasteiger partial charge >= 0.3 is 0 Å². The molecule has 1 aliphatic rings. The number of aromatic amines is 1. The Morgan fingerprint density at radius 3 is 2.75 bits per heavy atom. The Bertz CT molecular complexity index is 644. The number of ether oxygens (including phenoxy) is 1. The zero-order chi connectivity index (χ0) is 14.2.